The lowest BCUT2D eigenvalue weighted by atomic mass is 9.99. The Balaban J connectivity index is 1.35. The number of hydrogen-bond donors (Lipinski definition) is 0. The highest BCUT2D eigenvalue weighted by Crippen LogP contribution is 2.20. The second-order valence-electron chi connectivity index (χ2n) is 11.3. The normalized spacial score (nSPS) is 27.5. The molecule has 200 valence electrons. The van der Waals surface area contributed by atoms with Crippen LogP contribution in [0.15, 0.2) is 0 Å². The van der Waals surface area contributed by atoms with Crippen molar-refractivity contribution in [1.29, 1.82) is 0 Å². The Labute approximate surface area is 211 Å². The number of rotatable bonds is 14. The molecule has 3 fully saturated rings. The lowest BCUT2D eigenvalue weighted by Gasteiger charge is -2.49. The molecule has 2 atom stereocenters. The maximum Gasteiger partial charge on any atom is 0.0462 e. The molecule has 3 rings (SSSR count). The maximum atomic E-state index is 5.17. The minimum absolute atomic E-state index is 0.660. The molecule has 3 aliphatic heterocycles. The molecule has 34 heavy (non-hydrogen) atoms. The highest BCUT2D eigenvalue weighted by atomic mass is 16.5. The lowest BCUT2D eigenvalue weighted by molar-refractivity contribution is -0.00171. The van der Waals surface area contributed by atoms with Gasteiger partial charge in [-0.1, -0.05) is 19.3 Å². The van der Waals surface area contributed by atoms with Gasteiger partial charge in [0.2, 0.25) is 0 Å². The Morgan fingerprint density at radius 3 is 1.53 bits per heavy atom. The molecular weight excluding hydrogens is 424 g/mol. The summed E-state index contributed by atoms with van der Waals surface area (Å²) < 4.78 is 5.17. The van der Waals surface area contributed by atoms with Crippen molar-refractivity contribution in [3.63, 3.8) is 0 Å². The summed E-state index contributed by atoms with van der Waals surface area (Å²) in [6.45, 7) is 17.1. The molecule has 0 aromatic heterocycles. The van der Waals surface area contributed by atoms with Crippen LogP contribution in [0.4, 0.5) is 0 Å². The van der Waals surface area contributed by atoms with E-state index >= 15 is 0 Å². The second kappa shape index (κ2) is 15.7. The first-order chi connectivity index (χ1) is 16.6. The van der Waals surface area contributed by atoms with Gasteiger partial charge in [0.05, 0.1) is 0 Å². The van der Waals surface area contributed by atoms with Gasteiger partial charge in [-0.15, -0.1) is 0 Å². The predicted molar refractivity (Wildman–Crippen MR) is 144 cm³/mol. The van der Waals surface area contributed by atoms with Crippen LogP contribution in [-0.4, -0.2) is 161 Å². The largest absolute Gasteiger partial charge is 0.385 e. The molecule has 7 nitrogen and oxygen atoms in total. The first-order valence-corrected chi connectivity index (χ1v) is 14.3. The first-order valence-electron chi connectivity index (χ1n) is 14.3. The molecule has 0 saturated carbocycles. The van der Waals surface area contributed by atoms with Gasteiger partial charge < -0.3 is 24.3 Å². The zero-order valence-corrected chi connectivity index (χ0v) is 23.1. The van der Waals surface area contributed by atoms with Crippen molar-refractivity contribution in [1.82, 2.24) is 29.4 Å². The summed E-state index contributed by atoms with van der Waals surface area (Å²) in [6, 6.07) is 1.32. The van der Waals surface area contributed by atoms with Crippen LogP contribution in [0.2, 0.25) is 0 Å². The quantitative estimate of drug-likeness (QED) is 0.351. The Hall–Kier alpha value is -0.280. The monoisotopic (exact) mass is 480 g/mol. The SMILES string of the molecule is COCCCCCCCN1CCN(C)C(C2CN(CCCCN3CCN(C)CC3)CCN2C)C1. The van der Waals surface area contributed by atoms with Crippen molar-refractivity contribution in [2.45, 2.75) is 57.0 Å². The Bertz CT molecular complexity index is 529. The number of methoxy groups -OCH3 is 1. The zero-order chi connectivity index (χ0) is 24.2. The summed E-state index contributed by atoms with van der Waals surface area (Å²) in [5.41, 5.74) is 0. The minimum atomic E-state index is 0.660. The van der Waals surface area contributed by atoms with Crippen LogP contribution in [0.1, 0.15) is 44.9 Å². The van der Waals surface area contributed by atoms with E-state index in [2.05, 4.69) is 50.5 Å². The number of piperazine rings is 3. The van der Waals surface area contributed by atoms with Gasteiger partial charge in [-0.3, -0.25) is 9.80 Å². The molecular formula is C27H56N6O. The fraction of sp³-hybridized carbons (Fsp3) is 1.00. The number of ether oxygens (including phenoxy) is 1. The molecule has 0 aromatic carbocycles. The van der Waals surface area contributed by atoms with Crippen molar-refractivity contribution in [2.24, 2.45) is 0 Å². The Morgan fingerprint density at radius 2 is 0.971 bits per heavy atom. The minimum Gasteiger partial charge on any atom is -0.385 e. The summed E-state index contributed by atoms with van der Waals surface area (Å²) in [6.07, 6.45) is 9.30. The van der Waals surface area contributed by atoms with E-state index in [-0.39, 0.29) is 0 Å². The second-order valence-corrected chi connectivity index (χ2v) is 11.3. The van der Waals surface area contributed by atoms with Gasteiger partial charge in [-0.25, -0.2) is 0 Å². The van der Waals surface area contributed by atoms with E-state index < -0.39 is 0 Å². The molecule has 2 unspecified atom stereocenters. The standard InChI is InChI=1S/C27H56N6O/c1-28-15-19-31(20-16-28)12-9-10-14-33-22-18-30(3)27(25-33)26-24-32(21-17-29(26)2)13-8-6-5-7-11-23-34-4/h26-27H,5-25H2,1-4H3. The van der Waals surface area contributed by atoms with Crippen molar-refractivity contribution in [3.05, 3.63) is 0 Å². The van der Waals surface area contributed by atoms with E-state index in [4.69, 9.17) is 4.74 Å². The van der Waals surface area contributed by atoms with Crippen LogP contribution in [0.5, 0.6) is 0 Å². The average molecular weight is 481 g/mol. The lowest BCUT2D eigenvalue weighted by Crippen LogP contribution is -2.65. The van der Waals surface area contributed by atoms with Crippen molar-refractivity contribution < 1.29 is 4.74 Å². The number of likely N-dealkylation sites (N-methyl/N-ethyl adjacent to an activating group) is 3. The summed E-state index contributed by atoms with van der Waals surface area (Å²) in [5.74, 6) is 0. The summed E-state index contributed by atoms with van der Waals surface area (Å²) in [7, 11) is 8.78. The smallest absolute Gasteiger partial charge is 0.0462 e. The number of hydrogen-bond acceptors (Lipinski definition) is 7. The third-order valence-corrected chi connectivity index (χ3v) is 8.62. The van der Waals surface area contributed by atoms with Gasteiger partial charge in [-0.05, 0) is 66.5 Å². The Morgan fingerprint density at radius 1 is 0.529 bits per heavy atom. The maximum absolute atomic E-state index is 5.17. The van der Waals surface area contributed by atoms with Crippen LogP contribution >= 0.6 is 0 Å². The molecule has 3 saturated heterocycles. The highest BCUT2D eigenvalue weighted by molar-refractivity contribution is 4.94. The highest BCUT2D eigenvalue weighted by Gasteiger charge is 2.36. The van der Waals surface area contributed by atoms with E-state index in [0.717, 1.165) is 6.61 Å². The van der Waals surface area contributed by atoms with E-state index in [9.17, 15) is 0 Å². The summed E-state index contributed by atoms with van der Waals surface area (Å²) in [4.78, 5) is 15.9. The Kier molecular flexibility index (Phi) is 13.1. The molecule has 7 heteroatoms. The fourth-order valence-electron chi connectivity index (χ4n) is 6.01. The number of nitrogens with zero attached hydrogens (tertiary/aromatic N) is 6. The van der Waals surface area contributed by atoms with Gasteiger partial charge in [0.25, 0.3) is 0 Å². The third kappa shape index (κ3) is 9.64. The van der Waals surface area contributed by atoms with E-state index in [1.54, 1.807) is 0 Å². The van der Waals surface area contributed by atoms with Crippen LogP contribution < -0.4 is 0 Å². The molecule has 0 aromatic rings. The fourth-order valence-corrected chi connectivity index (χ4v) is 6.01. The molecule has 0 amide bonds. The van der Waals surface area contributed by atoms with E-state index in [1.807, 2.05) is 7.11 Å². The van der Waals surface area contributed by atoms with Gasteiger partial charge in [0, 0.05) is 91.2 Å². The molecule has 0 spiro atoms. The number of unbranched alkanes of at least 4 members (excludes halogenated alkanes) is 5. The molecule has 0 N–H and O–H groups in total. The van der Waals surface area contributed by atoms with Crippen molar-refractivity contribution >= 4 is 0 Å². The van der Waals surface area contributed by atoms with Gasteiger partial charge in [0.1, 0.15) is 0 Å². The van der Waals surface area contributed by atoms with Crippen LogP contribution in [0, 0.1) is 0 Å². The average Bonchev–Trinajstić information content (AvgIpc) is 2.84. The van der Waals surface area contributed by atoms with Crippen LogP contribution in [0.25, 0.3) is 0 Å². The molecule has 3 aliphatic rings. The van der Waals surface area contributed by atoms with Crippen LogP contribution in [-0.2, 0) is 4.74 Å². The topological polar surface area (TPSA) is 28.7 Å². The molecule has 3 heterocycles. The summed E-state index contributed by atoms with van der Waals surface area (Å²) in [5, 5.41) is 0. The third-order valence-electron chi connectivity index (χ3n) is 8.62. The molecule has 0 bridgehead atoms. The summed E-state index contributed by atoms with van der Waals surface area (Å²) >= 11 is 0. The molecule has 0 aliphatic carbocycles. The van der Waals surface area contributed by atoms with E-state index in [0.29, 0.717) is 12.1 Å². The molecule has 0 radical (unpaired) electrons. The zero-order valence-electron chi connectivity index (χ0n) is 23.1. The van der Waals surface area contributed by atoms with Crippen LogP contribution in [0.3, 0.4) is 0 Å². The first kappa shape index (κ1) is 28.3. The predicted octanol–water partition coefficient (Wildman–Crippen LogP) is 1.84. The van der Waals surface area contributed by atoms with E-state index in [1.165, 1.54) is 130 Å². The van der Waals surface area contributed by atoms with Gasteiger partial charge in [-0.2, -0.15) is 0 Å². The van der Waals surface area contributed by atoms with Crippen molar-refractivity contribution in [2.75, 3.05) is 120 Å². The van der Waals surface area contributed by atoms with Crippen molar-refractivity contribution in [3.8, 4) is 0 Å². The van der Waals surface area contributed by atoms with Gasteiger partial charge >= 0.3 is 0 Å². The van der Waals surface area contributed by atoms with Gasteiger partial charge in [0.15, 0.2) is 0 Å².